The van der Waals surface area contributed by atoms with Gasteiger partial charge in [0.2, 0.25) is 5.89 Å². The van der Waals surface area contributed by atoms with Crippen LogP contribution in [-0.2, 0) is 6.42 Å². The predicted molar refractivity (Wildman–Crippen MR) is 76.0 cm³/mol. The summed E-state index contributed by atoms with van der Waals surface area (Å²) in [5.41, 5.74) is 1.19. The Balaban J connectivity index is 1.72. The van der Waals surface area contributed by atoms with E-state index < -0.39 is 0 Å². The number of rotatable bonds is 3. The second-order valence-electron chi connectivity index (χ2n) is 5.09. The Morgan fingerprint density at radius 2 is 2.11 bits per heavy atom. The van der Waals surface area contributed by atoms with Crippen LogP contribution in [0.2, 0.25) is 0 Å². The summed E-state index contributed by atoms with van der Waals surface area (Å²) in [4.78, 5) is 4.53. The summed E-state index contributed by atoms with van der Waals surface area (Å²) in [7, 11) is 0. The maximum absolute atomic E-state index is 5.40. The molecule has 5 heteroatoms. The number of hydrogen-bond donors (Lipinski definition) is 1. The highest BCUT2D eigenvalue weighted by atomic mass is 79.9. The molecule has 0 aliphatic carbocycles. The number of halogens is 1. The molecule has 19 heavy (non-hydrogen) atoms. The van der Waals surface area contributed by atoms with E-state index in [0.29, 0.717) is 18.3 Å². The maximum Gasteiger partial charge on any atom is 0.231 e. The molecule has 0 saturated carbocycles. The van der Waals surface area contributed by atoms with Crippen molar-refractivity contribution >= 4 is 15.9 Å². The first kappa shape index (κ1) is 12.8. The molecule has 1 fully saturated rings. The molecule has 0 amide bonds. The Kier molecular flexibility index (Phi) is 3.66. The molecular weight excluding hydrogens is 306 g/mol. The minimum absolute atomic E-state index is 0.353. The van der Waals surface area contributed by atoms with Crippen molar-refractivity contribution in [3.63, 3.8) is 0 Å². The zero-order chi connectivity index (χ0) is 13.2. The summed E-state index contributed by atoms with van der Waals surface area (Å²) >= 11 is 3.43. The first-order valence-corrected chi connectivity index (χ1v) is 7.29. The molecule has 2 aromatic rings. The molecule has 2 unspecified atom stereocenters. The zero-order valence-corrected chi connectivity index (χ0v) is 12.4. The van der Waals surface area contributed by atoms with Gasteiger partial charge in [-0.05, 0) is 30.2 Å². The lowest BCUT2D eigenvalue weighted by Crippen LogP contribution is -2.08. The first-order chi connectivity index (χ1) is 9.22. The quantitative estimate of drug-likeness (QED) is 0.944. The third kappa shape index (κ3) is 2.87. The molecule has 0 spiro atoms. The van der Waals surface area contributed by atoms with Crippen LogP contribution in [0.25, 0.3) is 0 Å². The lowest BCUT2D eigenvalue weighted by Gasteiger charge is -2.07. The second-order valence-corrected chi connectivity index (χ2v) is 6.01. The third-order valence-electron chi connectivity index (χ3n) is 3.59. The largest absolute Gasteiger partial charge is 0.339 e. The molecule has 2 atom stereocenters. The first-order valence-electron chi connectivity index (χ1n) is 6.50. The van der Waals surface area contributed by atoms with Gasteiger partial charge in [-0.2, -0.15) is 4.98 Å². The van der Waals surface area contributed by atoms with E-state index in [2.05, 4.69) is 50.4 Å². The predicted octanol–water partition coefficient (Wildman–Crippen LogP) is 2.75. The molecule has 4 nitrogen and oxygen atoms in total. The maximum atomic E-state index is 5.40. The van der Waals surface area contributed by atoms with E-state index in [1.807, 2.05) is 12.1 Å². The fourth-order valence-electron chi connectivity index (χ4n) is 2.42. The highest BCUT2D eigenvalue weighted by Crippen LogP contribution is 2.26. The SMILES string of the molecule is CC1CNCC1c1nc(Cc2ccc(Br)cc2)no1. The molecule has 0 radical (unpaired) electrons. The highest BCUT2D eigenvalue weighted by molar-refractivity contribution is 9.10. The van der Waals surface area contributed by atoms with Crippen molar-refractivity contribution in [3.8, 4) is 0 Å². The van der Waals surface area contributed by atoms with Gasteiger partial charge >= 0.3 is 0 Å². The summed E-state index contributed by atoms with van der Waals surface area (Å²) in [5.74, 6) is 2.44. The molecule has 1 N–H and O–H groups in total. The fraction of sp³-hybridized carbons (Fsp3) is 0.429. The fourth-order valence-corrected chi connectivity index (χ4v) is 2.68. The van der Waals surface area contributed by atoms with E-state index in [1.54, 1.807) is 0 Å². The van der Waals surface area contributed by atoms with Crippen molar-refractivity contribution in [1.82, 2.24) is 15.5 Å². The Labute approximate surface area is 120 Å². The topological polar surface area (TPSA) is 51.0 Å². The van der Waals surface area contributed by atoms with Crippen molar-refractivity contribution in [2.45, 2.75) is 19.3 Å². The average Bonchev–Trinajstić information content (AvgIpc) is 3.01. The van der Waals surface area contributed by atoms with Crippen molar-refractivity contribution in [2.24, 2.45) is 5.92 Å². The van der Waals surface area contributed by atoms with Crippen LogP contribution in [0.3, 0.4) is 0 Å². The Morgan fingerprint density at radius 3 is 2.79 bits per heavy atom. The molecule has 3 rings (SSSR count). The summed E-state index contributed by atoms with van der Waals surface area (Å²) in [6, 6.07) is 8.19. The van der Waals surface area contributed by atoms with Crippen LogP contribution in [0.15, 0.2) is 33.3 Å². The van der Waals surface area contributed by atoms with Gasteiger partial charge in [0.15, 0.2) is 5.82 Å². The Morgan fingerprint density at radius 1 is 1.32 bits per heavy atom. The van der Waals surface area contributed by atoms with E-state index in [4.69, 9.17) is 4.52 Å². The highest BCUT2D eigenvalue weighted by Gasteiger charge is 2.29. The molecule has 1 aliphatic heterocycles. The van der Waals surface area contributed by atoms with Gasteiger partial charge in [-0.1, -0.05) is 40.1 Å². The van der Waals surface area contributed by atoms with E-state index >= 15 is 0 Å². The van der Waals surface area contributed by atoms with Crippen molar-refractivity contribution < 1.29 is 4.52 Å². The van der Waals surface area contributed by atoms with E-state index in [1.165, 1.54) is 5.56 Å². The molecule has 1 aromatic carbocycles. The van der Waals surface area contributed by atoms with Gasteiger partial charge in [-0.25, -0.2) is 0 Å². The van der Waals surface area contributed by atoms with Gasteiger partial charge in [0.1, 0.15) is 0 Å². The van der Waals surface area contributed by atoms with Crippen LogP contribution < -0.4 is 5.32 Å². The second kappa shape index (κ2) is 5.43. The molecular formula is C14H16BrN3O. The van der Waals surface area contributed by atoms with Gasteiger partial charge in [0.25, 0.3) is 0 Å². The summed E-state index contributed by atoms with van der Waals surface area (Å²) in [5, 5.41) is 7.44. The van der Waals surface area contributed by atoms with Crippen LogP contribution in [0.1, 0.15) is 30.1 Å². The third-order valence-corrected chi connectivity index (χ3v) is 4.12. The monoisotopic (exact) mass is 321 g/mol. The molecule has 100 valence electrons. The normalized spacial score (nSPS) is 22.8. The lowest BCUT2D eigenvalue weighted by molar-refractivity contribution is 0.337. The molecule has 1 aromatic heterocycles. The zero-order valence-electron chi connectivity index (χ0n) is 10.8. The standard InChI is InChI=1S/C14H16BrN3O/c1-9-7-16-8-12(9)14-17-13(18-19-14)6-10-2-4-11(15)5-3-10/h2-5,9,12,16H,6-8H2,1H3. The molecule has 0 bridgehead atoms. The van der Waals surface area contributed by atoms with Crippen LogP contribution in [0.4, 0.5) is 0 Å². The molecule has 1 aliphatic rings. The van der Waals surface area contributed by atoms with E-state index in [-0.39, 0.29) is 0 Å². The van der Waals surface area contributed by atoms with Crippen molar-refractivity contribution in [2.75, 3.05) is 13.1 Å². The number of hydrogen-bond acceptors (Lipinski definition) is 4. The van der Waals surface area contributed by atoms with Gasteiger partial charge in [-0.3, -0.25) is 0 Å². The molecule has 1 saturated heterocycles. The number of nitrogens with one attached hydrogen (secondary N) is 1. The van der Waals surface area contributed by atoms with Gasteiger partial charge in [0, 0.05) is 17.4 Å². The van der Waals surface area contributed by atoms with Crippen LogP contribution >= 0.6 is 15.9 Å². The van der Waals surface area contributed by atoms with Gasteiger partial charge < -0.3 is 9.84 Å². The Hall–Kier alpha value is -1.20. The smallest absolute Gasteiger partial charge is 0.231 e. The van der Waals surface area contributed by atoms with Crippen molar-refractivity contribution in [3.05, 3.63) is 46.0 Å². The van der Waals surface area contributed by atoms with Crippen LogP contribution in [0.5, 0.6) is 0 Å². The number of aromatic nitrogens is 2. The Bertz CT molecular complexity index is 552. The minimum Gasteiger partial charge on any atom is -0.339 e. The van der Waals surface area contributed by atoms with Crippen molar-refractivity contribution in [1.29, 1.82) is 0 Å². The van der Waals surface area contributed by atoms with E-state index in [0.717, 1.165) is 29.3 Å². The minimum atomic E-state index is 0.353. The lowest BCUT2D eigenvalue weighted by atomic mass is 9.98. The van der Waals surface area contributed by atoms with Gasteiger partial charge in [-0.15, -0.1) is 0 Å². The number of nitrogens with zero attached hydrogens (tertiary/aromatic N) is 2. The van der Waals surface area contributed by atoms with Crippen LogP contribution in [-0.4, -0.2) is 23.2 Å². The average molecular weight is 322 g/mol. The summed E-state index contributed by atoms with van der Waals surface area (Å²) in [6.45, 7) is 4.17. The van der Waals surface area contributed by atoms with Gasteiger partial charge in [0.05, 0.1) is 5.92 Å². The molecule has 2 heterocycles. The van der Waals surface area contributed by atoms with E-state index in [9.17, 15) is 0 Å². The summed E-state index contributed by atoms with van der Waals surface area (Å²) in [6.07, 6.45) is 0.714. The number of benzene rings is 1. The van der Waals surface area contributed by atoms with Crippen LogP contribution in [0, 0.1) is 5.92 Å². The summed E-state index contributed by atoms with van der Waals surface area (Å²) < 4.78 is 6.48.